The van der Waals surface area contributed by atoms with Crippen molar-refractivity contribution in [1.82, 2.24) is 10.2 Å². The number of fused-ring (bicyclic) bond motifs is 1. The van der Waals surface area contributed by atoms with Crippen LogP contribution in [0.1, 0.15) is 49.8 Å². The first-order valence-electron chi connectivity index (χ1n) is 8.40. The zero-order valence-corrected chi connectivity index (χ0v) is 13.3. The standard InChI is InChI=1S/C17H24N2OS/c20-17(16-10-12-4-1-2-6-15(12)18-16)19(13-7-8-13)11-14-5-3-9-21-14/h3,5,9,12-13,15-16,18H,1-2,4,6-8,10-11H2. The van der Waals surface area contributed by atoms with Crippen LogP contribution in [0.4, 0.5) is 0 Å². The summed E-state index contributed by atoms with van der Waals surface area (Å²) in [6.45, 7) is 0.814. The maximum atomic E-state index is 13.0. The van der Waals surface area contributed by atoms with E-state index in [1.54, 1.807) is 11.3 Å². The number of carbonyl (C=O) groups excluding carboxylic acids is 1. The molecule has 1 aromatic rings. The molecule has 3 atom stereocenters. The number of rotatable bonds is 4. The van der Waals surface area contributed by atoms with E-state index in [-0.39, 0.29) is 6.04 Å². The molecule has 1 N–H and O–H groups in total. The number of nitrogens with zero attached hydrogens (tertiary/aromatic N) is 1. The molecule has 2 saturated carbocycles. The van der Waals surface area contributed by atoms with Gasteiger partial charge < -0.3 is 10.2 Å². The lowest BCUT2D eigenvalue weighted by Crippen LogP contribution is -2.46. The normalized spacial score (nSPS) is 31.9. The summed E-state index contributed by atoms with van der Waals surface area (Å²) in [6.07, 6.45) is 8.71. The Morgan fingerprint density at radius 3 is 2.86 bits per heavy atom. The molecular weight excluding hydrogens is 280 g/mol. The lowest BCUT2D eigenvalue weighted by atomic mass is 9.85. The number of hydrogen-bond acceptors (Lipinski definition) is 3. The molecule has 21 heavy (non-hydrogen) atoms. The summed E-state index contributed by atoms with van der Waals surface area (Å²) in [7, 11) is 0. The number of amides is 1. The Labute approximate surface area is 130 Å². The van der Waals surface area contributed by atoms with Crippen molar-refractivity contribution >= 4 is 17.2 Å². The fraction of sp³-hybridized carbons (Fsp3) is 0.706. The third kappa shape index (κ3) is 2.88. The van der Waals surface area contributed by atoms with Crippen molar-refractivity contribution < 1.29 is 4.79 Å². The maximum absolute atomic E-state index is 13.0. The molecule has 4 heteroatoms. The molecule has 114 valence electrons. The van der Waals surface area contributed by atoms with E-state index in [4.69, 9.17) is 0 Å². The van der Waals surface area contributed by atoms with Crippen molar-refractivity contribution in [3.05, 3.63) is 22.4 Å². The van der Waals surface area contributed by atoms with Gasteiger partial charge >= 0.3 is 0 Å². The molecule has 2 aliphatic carbocycles. The average Bonchev–Trinajstić information content (AvgIpc) is 3.04. The average molecular weight is 304 g/mol. The van der Waals surface area contributed by atoms with E-state index in [1.165, 1.54) is 43.4 Å². The zero-order valence-electron chi connectivity index (χ0n) is 12.5. The highest BCUT2D eigenvalue weighted by Gasteiger charge is 2.42. The molecule has 1 aliphatic heterocycles. The number of hydrogen-bond donors (Lipinski definition) is 1. The van der Waals surface area contributed by atoms with Gasteiger partial charge in [0, 0.05) is 17.0 Å². The first-order valence-corrected chi connectivity index (χ1v) is 9.28. The highest BCUT2D eigenvalue weighted by atomic mass is 32.1. The van der Waals surface area contributed by atoms with Gasteiger partial charge in [-0.05, 0) is 49.5 Å². The van der Waals surface area contributed by atoms with Crippen LogP contribution in [-0.4, -0.2) is 28.9 Å². The van der Waals surface area contributed by atoms with E-state index < -0.39 is 0 Å². The highest BCUT2D eigenvalue weighted by molar-refractivity contribution is 7.09. The Bertz CT molecular complexity index is 483. The second-order valence-electron chi connectivity index (χ2n) is 6.88. The van der Waals surface area contributed by atoms with E-state index in [9.17, 15) is 4.79 Å². The molecule has 4 rings (SSSR count). The van der Waals surface area contributed by atoms with E-state index in [2.05, 4.69) is 27.7 Å². The van der Waals surface area contributed by atoms with Crippen LogP contribution in [0, 0.1) is 5.92 Å². The Morgan fingerprint density at radius 1 is 1.29 bits per heavy atom. The van der Waals surface area contributed by atoms with Crippen LogP contribution < -0.4 is 5.32 Å². The third-order valence-electron chi connectivity index (χ3n) is 5.34. The van der Waals surface area contributed by atoms with Crippen molar-refractivity contribution in [3.8, 4) is 0 Å². The van der Waals surface area contributed by atoms with E-state index >= 15 is 0 Å². The minimum Gasteiger partial charge on any atom is -0.333 e. The smallest absolute Gasteiger partial charge is 0.240 e. The fourth-order valence-electron chi connectivity index (χ4n) is 4.05. The summed E-state index contributed by atoms with van der Waals surface area (Å²) in [5, 5.41) is 5.75. The maximum Gasteiger partial charge on any atom is 0.240 e. The van der Waals surface area contributed by atoms with Crippen LogP contribution in [0.2, 0.25) is 0 Å². The topological polar surface area (TPSA) is 32.3 Å². The second-order valence-corrected chi connectivity index (χ2v) is 7.91. The van der Waals surface area contributed by atoms with E-state index in [0.717, 1.165) is 18.9 Å². The van der Waals surface area contributed by atoms with Crippen molar-refractivity contribution in [2.24, 2.45) is 5.92 Å². The van der Waals surface area contributed by atoms with Gasteiger partial charge in [-0.2, -0.15) is 0 Å². The second kappa shape index (κ2) is 5.73. The molecule has 0 spiro atoms. The largest absolute Gasteiger partial charge is 0.333 e. The van der Waals surface area contributed by atoms with Gasteiger partial charge in [0.15, 0.2) is 0 Å². The monoisotopic (exact) mass is 304 g/mol. The van der Waals surface area contributed by atoms with Gasteiger partial charge in [0.2, 0.25) is 5.91 Å². The number of carbonyl (C=O) groups is 1. The summed E-state index contributed by atoms with van der Waals surface area (Å²) in [4.78, 5) is 16.4. The molecule has 2 heterocycles. The van der Waals surface area contributed by atoms with Gasteiger partial charge in [0.25, 0.3) is 0 Å². The summed E-state index contributed by atoms with van der Waals surface area (Å²) >= 11 is 1.76. The van der Waals surface area contributed by atoms with Crippen LogP contribution in [0.5, 0.6) is 0 Å². The quantitative estimate of drug-likeness (QED) is 0.926. The molecule has 0 radical (unpaired) electrons. The van der Waals surface area contributed by atoms with Gasteiger partial charge in [0.1, 0.15) is 0 Å². The minimum atomic E-state index is 0.0821. The first kappa shape index (κ1) is 13.8. The van der Waals surface area contributed by atoms with Crippen LogP contribution in [0.15, 0.2) is 17.5 Å². The zero-order chi connectivity index (χ0) is 14.2. The molecule has 3 fully saturated rings. The van der Waals surface area contributed by atoms with Gasteiger partial charge in [-0.1, -0.05) is 18.9 Å². The van der Waals surface area contributed by atoms with Crippen molar-refractivity contribution in [1.29, 1.82) is 0 Å². The van der Waals surface area contributed by atoms with E-state index in [1.807, 2.05) is 0 Å². The SMILES string of the molecule is O=C(C1CC2CCCCC2N1)N(Cc1cccs1)C1CC1. The molecule has 1 aromatic heterocycles. The lowest BCUT2D eigenvalue weighted by molar-refractivity contribution is -0.134. The van der Waals surface area contributed by atoms with Crippen LogP contribution in [-0.2, 0) is 11.3 Å². The van der Waals surface area contributed by atoms with Crippen LogP contribution in [0.25, 0.3) is 0 Å². The summed E-state index contributed by atoms with van der Waals surface area (Å²) in [6, 6.07) is 5.42. The van der Waals surface area contributed by atoms with Gasteiger partial charge in [-0.25, -0.2) is 0 Å². The molecule has 1 amide bonds. The Kier molecular flexibility index (Phi) is 3.76. The Morgan fingerprint density at radius 2 is 2.14 bits per heavy atom. The van der Waals surface area contributed by atoms with Crippen molar-refractivity contribution in [2.45, 2.75) is 69.6 Å². The van der Waals surface area contributed by atoms with Gasteiger partial charge in [-0.3, -0.25) is 4.79 Å². The Balaban J connectivity index is 1.44. The van der Waals surface area contributed by atoms with Gasteiger partial charge in [-0.15, -0.1) is 11.3 Å². The fourth-order valence-corrected chi connectivity index (χ4v) is 4.76. The molecule has 3 unspecified atom stereocenters. The summed E-state index contributed by atoms with van der Waals surface area (Å²) < 4.78 is 0. The summed E-state index contributed by atoms with van der Waals surface area (Å²) in [5.41, 5.74) is 0. The summed E-state index contributed by atoms with van der Waals surface area (Å²) in [5.74, 6) is 1.11. The van der Waals surface area contributed by atoms with Crippen LogP contribution in [0.3, 0.4) is 0 Å². The predicted octanol–water partition coefficient (Wildman–Crippen LogP) is 3.16. The molecule has 0 bridgehead atoms. The predicted molar refractivity (Wildman–Crippen MR) is 85.2 cm³/mol. The molecule has 3 nitrogen and oxygen atoms in total. The van der Waals surface area contributed by atoms with Crippen molar-refractivity contribution in [3.63, 3.8) is 0 Å². The third-order valence-corrected chi connectivity index (χ3v) is 6.20. The van der Waals surface area contributed by atoms with Crippen molar-refractivity contribution in [2.75, 3.05) is 0 Å². The molecule has 1 saturated heterocycles. The highest BCUT2D eigenvalue weighted by Crippen LogP contribution is 2.36. The lowest BCUT2D eigenvalue weighted by Gasteiger charge is -2.26. The minimum absolute atomic E-state index is 0.0821. The Hall–Kier alpha value is -0.870. The van der Waals surface area contributed by atoms with Crippen LogP contribution >= 0.6 is 11.3 Å². The molecule has 3 aliphatic rings. The first-order chi connectivity index (χ1) is 10.3. The molecule has 0 aromatic carbocycles. The number of thiophene rings is 1. The number of nitrogens with one attached hydrogen (secondary N) is 1. The van der Waals surface area contributed by atoms with E-state index in [0.29, 0.717) is 18.0 Å². The van der Waals surface area contributed by atoms with Gasteiger partial charge in [0.05, 0.1) is 12.6 Å². The molecular formula is C17H24N2OS.